The van der Waals surface area contributed by atoms with E-state index in [4.69, 9.17) is 5.73 Å². The van der Waals surface area contributed by atoms with Crippen molar-refractivity contribution < 1.29 is 14.0 Å². The number of anilines is 1. The summed E-state index contributed by atoms with van der Waals surface area (Å²) in [4.78, 5) is 27.8. The molecule has 0 unspecified atom stereocenters. The van der Waals surface area contributed by atoms with Gasteiger partial charge in [0, 0.05) is 36.2 Å². The maximum Gasteiger partial charge on any atom is 0.253 e. The van der Waals surface area contributed by atoms with Gasteiger partial charge in [-0.1, -0.05) is 34.1 Å². The molecule has 2 aromatic carbocycles. The van der Waals surface area contributed by atoms with Crippen LogP contribution in [0, 0.1) is 5.82 Å². The van der Waals surface area contributed by atoms with Crippen molar-refractivity contribution in [1.82, 2.24) is 4.90 Å². The summed E-state index contributed by atoms with van der Waals surface area (Å²) in [6.45, 7) is 1.96. The highest BCUT2D eigenvalue weighted by Crippen LogP contribution is 2.29. The van der Waals surface area contributed by atoms with Crippen LogP contribution in [0.4, 0.5) is 10.1 Å². The van der Waals surface area contributed by atoms with Gasteiger partial charge in [0.05, 0.1) is 11.3 Å². The Kier molecular flexibility index (Phi) is 5.03. The molecule has 1 aliphatic rings. The van der Waals surface area contributed by atoms with Crippen LogP contribution in [-0.2, 0) is 0 Å². The third-order valence-electron chi connectivity index (χ3n) is 4.21. The van der Waals surface area contributed by atoms with Gasteiger partial charge in [-0.2, -0.15) is 0 Å². The highest BCUT2D eigenvalue weighted by Gasteiger charge is 2.26. The first-order valence-corrected chi connectivity index (χ1v) is 8.65. The molecule has 2 N–H and O–H groups in total. The van der Waals surface area contributed by atoms with Gasteiger partial charge in [0.25, 0.3) is 11.8 Å². The van der Waals surface area contributed by atoms with Crippen LogP contribution in [0.3, 0.4) is 0 Å². The number of hydrogen-bond donors (Lipinski definition) is 1. The van der Waals surface area contributed by atoms with Crippen LogP contribution in [0.1, 0.15) is 20.7 Å². The van der Waals surface area contributed by atoms with E-state index >= 15 is 0 Å². The fourth-order valence-corrected chi connectivity index (χ4v) is 3.38. The van der Waals surface area contributed by atoms with Crippen molar-refractivity contribution in [3.8, 4) is 0 Å². The monoisotopic (exact) mass is 405 g/mol. The Morgan fingerprint density at radius 2 is 1.68 bits per heavy atom. The summed E-state index contributed by atoms with van der Waals surface area (Å²) in [5.74, 6) is -1.49. The predicted molar refractivity (Wildman–Crippen MR) is 97.2 cm³/mol. The summed E-state index contributed by atoms with van der Waals surface area (Å²) in [5.41, 5.74) is 6.31. The predicted octanol–water partition coefficient (Wildman–Crippen LogP) is 2.65. The third kappa shape index (κ3) is 3.66. The molecule has 0 spiro atoms. The number of rotatable bonds is 3. The summed E-state index contributed by atoms with van der Waals surface area (Å²) in [7, 11) is 0. The van der Waals surface area contributed by atoms with Gasteiger partial charge in [-0.3, -0.25) is 9.59 Å². The molecule has 1 saturated heterocycles. The fourth-order valence-electron chi connectivity index (χ4n) is 2.97. The van der Waals surface area contributed by atoms with Crippen LogP contribution in [-0.4, -0.2) is 42.9 Å². The first-order chi connectivity index (χ1) is 12.0. The quantitative estimate of drug-likeness (QED) is 0.853. The Hall–Kier alpha value is -2.41. The average Bonchev–Trinajstić information content (AvgIpc) is 2.61. The molecule has 1 heterocycles. The van der Waals surface area contributed by atoms with E-state index in [1.807, 2.05) is 23.1 Å². The van der Waals surface area contributed by atoms with Gasteiger partial charge in [0.15, 0.2) is 0 Å². The number of nitrogens with two attached hydrogens (primary N) is 1. The van der Waals surface area contributed by atoms with Gasteiger partial charge >= 0.3 is 0 Å². The van der Waals surface area contributed by atoms with E-state index in [1.54, 1.807) is 23.1 Å². The van der Waals surface area contributed by atoms with E-state index in [0.29, 0.717) is 41.9 Å². The first kappa shape index (κ1) is 17.4. The van der Waals surface area contributed by atoms with Gasteiger partial charge in [-0.25, -0.2) is 4.39 Å². The summed E-state index contributed by atoms with van der Waals surface area (Å²) >= 11 is 3.25. The Morgan fingerprint density at radius 3 is 2.28 bits per heavy atom. The minimum Gasteiger partial charge on any atom is -0.367 e. The Bertz CT molecular complexity index is 805. The zero-order chi connectivity index (χ0) is 18.0. The lowest BCUT2D eigenvalue weighted by Crippen LogP contribution is -2.49. The molecule has 5 nitrogen and oxygen atoms in total. The van der Waals surface area contributed by atoms with Crippen LogP contribution in [0.25, 0.3) is 0 Å². The van der Waals surface area contributed by atoms with Crippen molar-refractivity contribution in [2.75, 3.05) is 31.1 Å². The number of halogens is 2. The molecule has 3 rings (SSSR count). The summed E-state index contributed by atoms with van der Waals surface area (Å²) < 4.78 is 14.7. The van der Waals surface area contributed by atoms with Gasteiger partial charge in [0.1, 0.15) is 5.82 Å². The molecule has 1 aliphatic heterocycles. The summed E-state index contributed by atoms with van der Waals surface area (Å²) in [6, 6.07) is 12.0. The number of amides is 2. The lowest BCUT2D eigenvalue weighted by atomic mass is 10.1. The number of carbonyl (C=O) groups is 2. The van der Waals surface area contributed by atoms with E-state index in [0.717, 1.165) is 0 Å². The lowest BCUT2D eigenvalue weighted by Gasteiger charge is -2.37. The second-order valence-corrected chi connectivity index (χ2v) is 6.71. The minimum absolute atomic E-state index is 0.0317. The van der Waals surface area contributed by atoms with Crippen molar-refractivity contribution in [2.45, 2.75) is 0 Å². The van der Waals surface area contributed by atoms with Crippen molar-refractivity contribution in [1.29, 1.82) is 0 Å². The van der Waals surface area contributed by atoms with Crippen LogP contribution in [0.15, 0.2) is 46.9 Å². The number of hydrogen-bond acceptors (Lipinski definition) is 3. The summed E-state index contributed by atoms with van der Waals surface area (Å²) in [6.07, 6.45) is 0. The second kappa shape index (κ2) is 7.23. The Labute approximate surface area is 153 Å². The van der Waals surface area contributed by atoms with E-state index in [9.17, 15) is 14.0 Å². The van der Waals surface area contributed by atoms with Gasteiger partial charge < -0.3 is 15.5 Å². The average molecular weight is 406 g/mol. The van der Waals surface area contributed by atoms with Crippen molar-refractivity contribution in [3.63, 3.8) is 0 Å². The minimum atomic E-state index is -0.803. The van der Waals surface area contributed by atoms with E-state index < -0.39 is 11.7 Å². The lowest BCUT2D eigenvalue weighted by molar-refractivity contribution is 0.0746. The topological polar surface area (TPSA) is 66.6 Å². The van der Waals surface area contributed by atoms with E-state index in [-0.39, 0.29) is 11.5 Å². The van der Waals surface area contributed by atoms with Crippen LogP contribution in [0.5, 0.6) is 0 Å². The number of piperazine rings is 1. The summed E-state index contributed by atoms with van der Waals surface area (Å²) in [5, 5.41) is 0. The maximum atomic E-state index is 14.1. The smallest absolute Gasteiger partial charge is 0.253 e. The highest BCUT2D eigenvalue weighted by molar-refractivity contribution is 9.10. The molecule has 0 bridgehead atoms. The van der Waals surface area contributed by atoms with Crippen molar-refractivity contribution >= 4 is 33.4 Å². The zero-order valence-corrected chi connectivity index (χ0v) is 15.0. The van der Waals surface area contributed by atoms with Crippen molar-refractivity contribution in [3.05, 3.63) is 63.9 Å². The molecule has 0 atom stereocenters. The molecular formula is C18H17BrFN3O2. The molecule has 7 heteroatoms. The van der Waals surface area contributed by atoms with Crippen LogP contribution >= 0.6 is 15.9 Å². The van der Waals surface area contributed by atoms with E-state index in [2.05, 4.69) is 15.9 Å². The fraction of sp³-hybridized carbons (Fsp3) is 0.222. The molecular weight excluding hydrogens is 389 g/mol. The largest absolute Gasteiger partial charge is 0.367 e. The molecule has 0 aliphatic carbocycles. The molecule has 0 radical (unpaired) electrons. The first-order valence-electron chi connectivity index (χ1n) is 7.85. The molecule has 2 amide bonds. The SMILES string of the molecule is NC(=O)c1c(F)cc(Br)cc1N1CCN(C(=O)c2ccccc2)CC1. The Balaban J connectivity index is 1.77. The third-order valence-corrected chi connectivity index (χ3v) is 4.67. The number of carbonyl (C=O) groups excluding carboxylic acids is 2. The van der Waals surface area contributed by atoms with Gasteiger partial charge in [-0.05, 0) is 24.3 Å². The molecule has 1 fully saturated rings. The molecule has 0 aromatic heterocycles. The van der Waals surface area contributed by atoms with E-state index in [1.165, 1.54) is 6.07 Å². The normalized spacial score (nSPS) is 14.5. The van der Waals surface area contributed by atoms with Crippen LogP contribution in [0.2, 0.25) is 0 Å². The second-order valence-electron chi connectivity index (χ2n) is 5.79. The molecule has 2 aromatic rings. The van der Waals surface area contributed by atoms with Gasteiger partial charge in [-0.15, -0.1) is 0 Å². The maximum absolute atomic E-state index is 14.1. The number of nitrogens with zero attached hydrogens (tertiary/aromatic N) is 2. The number of benzene rings is 2. The van der Waals surface area contributed by atoms with Crippen molar-refractivity contribution in [2.24, 2.45) is 5.73 Å². The molecule has 130 valence electrons. The van der Waals surface area contributed by atoms with Crippen LogP contribution < -0.4 is 10.6 Å². The Morgan fingerprint density at radius 1 is 1.04 bits per heavy atom. The zero-order valence-electron chi connectivity index (χ0n) is 13.4. The van der Waals surface area contributed by atoms with Gasteiger partial charge in [0.2, 0.25) is 0 Å². The standard InChI is InChI=1S/C18H17BrFN3O2/c19-13-10-14(20)16(17(21)24)15(11-13)22-6-8-23(9-7-22)18(25)12-4-2-1-3-5-12/h1-5,10-11H,6-9H2,(H2,21,24). The molecule has 25 heavy (non-hydrogen) atoms. The highest BCUT2D eigenvalue weighted by atomic mass is 79.9. The molecule has 0 saturated carbocycles. The number of primary amides is 1.